The third-order valence-corrected chi connectivity index (χ3v) is 5.33. The second kappa shape index (κ2) is 8.01. The van der Waals surface area contributed by atoms with Crippen molar-refractivity contribution in [3.8, 4) is 0 Å². The van der Waals surface area contributed by atoms with Crippen LogP contribution in [-0.2, 0) is 19.3 Å². The maximum absolute atomic E-state index is 4.44. The van der Waals surface area contributed by atoms with Crippen molar-refractivity contribution in [2.45, 2.75) is 37.5 Å². The average Bonchev–Trinajstić information content (AvgIpc) is 2.71. The summed E-state index contributed by atoms with van der Waals surface area (Å²) in [5, 5.41) is 7.88. The average molecular weight is 368 g/mol. The minimum atomic E-state index is 0.920. The van der Waals surface area contributed by atoms with Crippen LogP contribution in [0.5, 0.6) is 0 Å². The van der Waals surface area contributed by atoms with Gasteiger partial charge in [0.2, 0.25) is 0 Å². The lowest BCUT2D eigenvalue weighted by Gasteiger charge is -2.07. The molecule has 0 amide bonds. The van der Waals surface area contributed by atoms with Crippen molar-refractivity contribution in [3.63, 3.8) is 0 Å². The van der Waals surface area contributed by atoms with Crippen LogP contribution in [0.3, 0.4) is 0 Å². The van der Waals surface area contributed by atoms with Gasteiger partial charge in [-0.1, -0.05) is 19.1 Å². The number of hydrogen-bond acceptors (Lipinski definition) is 3. The summed E-state index contributed by atoms with van der Waals surface area (Å²) in [6.45, 7) is 6.22. The highest BCUT2D eigenvalue weighted by Crippen LogP contribution is 2.28. The van der Waals surface area contributed by atoms with Gasteiger partial charge in [-0.25, -0.2) is 0 Å². The summed E-state index contributed by atoms with van der Waals surface area (Å²) in [7, 11) is 2.00. The van der Waals surface area contributed by atoms with E-state index in [1.807, 2.05) is 30.4 Å². The number of hydrogen-bond donors (Lipinski definition) is 1. The molecule has 0 saturated heterocycles. The Morgan fingerprint density at radius 3 is 2.86 bits per heavy atom. The van der Waals surface area contributed by atoms with E-state index in [4.69, 9.17) is 0 Å². The highest BCUT2D eigenvalue weighted by Gasteiger charge is 2.10. The van der Waals surface area contributed by atoms with Crippen LogP contribution in [-0.4, -0.2) is 16.3 Å². The van der Waals surface area contributed by atoms with Crippen molar-refractivity contribution < 1.29 is 0 Å². The Kier molecular flexibility index (Phi) is 6.33. The Hall–Kier alpha value is -0.780. The van der Waals surface area contributed by atoms with Crippen LogP contribution in [0.25, 0.3) is 0 Å². The van der Waals surface area contributed by atoms with Crippen molar-refractivity contribution in [3.05, 3.63) is 45.7 Å². The molecule has 3 nitrogen and oxygen atoms in total. The summed E-state index contributed by atoms with van der Waals surface area (Å²) in [6, 6.07) is 8.75. The van der Waals surface area contributed by atoms with E-state index in [0.717, 1.165) is 29.0 Å². The second-order valence-corrected chi connectivity index (χ2v) is 6.92. The van der Waals surface area contributed by atoms with Gasteiger partial charge in [-0.3, -0.25) is 4.68 Å². The van der Waals surface area contributed by atoms with Gasteiger partial charge in [0.25, 0.3) is 0 Å². The zero-order valence-corrected chi connectivity index (χ0v) is 15.2. The summed E-state index contributed by atoms with van der Waals surface area (Å²) in [4.78, 5) is 1.30. The Balaban J connectivity index is 1.98. The summed E-state index contributed by atoms with van der Waals surface area (Å²) >= 11 is 5.47. The van der Waals surface area contributed by atoms with Crippen LogP contribution < -0.4 is 5.32 Å². The van der Waals surface area contributed by atoms with E-state index in [2.05, 4.69) is 57.5 Å². The fourth-order valence-electron chi connectivity index (χ4n) is 2.14. The first-order chi connectivity index (χ1) is 10.1. The molecule has 0 spiro atoms. The van der Waals surface area contributed by atoms with Gasteiger partial charge in [0.1, 0.15) is 0 Å². The Labute approximate surface area is 139 Å². The van der Waals surface area contributed by atoms with Crippen molar-refractivity contribution in [1.29, 1.82) is 0 Å². The zero-order valence-electron chi connectivity index (χ0n) is 12.8. The number of nitrogens with zero attached hydrogens (tertiary/aromatic N) is 2. The third kappa shape index (κ3) is 4.59. The summed E-state index contributed by atoms with van der Waals surface area (Å²) in [5.41, 5.74) is 3.62. The van der Waals surface area contributed by atoms with Crippen molar-refractivity contribution in [2.75, 3.05) is 6.54 Å². The molecule has 0 aliphatic rings. The molecule has 2 aromatic rings. The maximum Gasteiger partial charge on any atom is 0.0738 e. The number of nitrogens with one attached hydrogen (secondary N) is 1. The van der Waals surface area contributed by atoms with Crippen molar-refractivity contribution >= 4 is 27.7 Å². The summed E-state index contributed by atoms with van der Waals surface area (Å²) < 4.78 is 3.08. The number of thioether (sulfide) groups is 1. The molecule has 1 heterocycles. The van der Waals surface area contributed by atoms with Gasteiger partial charge in [-0.15, -0.1) is 11.8 Å². The van der Waals surface area contributed by atoms with Crippen molar-refractivity contribution in [1.82, 2.24) is 15.1 Å². The van der Waals surface area contributed by atoms with E-state index in [1.54, 1.807) is 0 Å². The molecule has 0 bridgehead atoms. The Morgan fingerprint density at radius 1 is 1.38 bits per heavy atom. The van der Waals surface area contributed by atoms with Gasteiger partial charge in [0.05, 0.1) is 15.9 Å². The molecule has 0 radical (unpaired) electrons. The first-order valence-electron chi connectivity index (χ1n) is 7.22. The van der Waals surface area contributed by atoms with Crippen LogP contribution in [0, 0.1) is 6.92 Å². The first kappa shape index (κ1) is 16.6. The minimum absolute atomic E-state index is 0.920. The summed E-state index contributed by atoms with van der Waals surface area (Å²) in [6.07, 6.45) is 1.17. The molecule has 114 valence electrons. The number of benzene rings is 1. The SMILES string of the molecule is CCCNCc1cccc(SCc2c(Br)c(C)nn2C)c1. The van der Waals surface area contributed by atoms with E-state index < -0.39 is 0 Å². The monoisotopic (exact) mass is 367 g/mol. The molecule has 1 N–H and O–H groups in total. The highest BCUT2D eigenvalue weighted by molar-refractivity contribution is 9.10. The molecule has 5 heteroatoms. The van der Waals surface area contributed by atoms with E-state index in [-0.39, 0.29) is 0 Å². The topological polar surface area (TPSA) is 29.9 Å². The summed E-state index contributed by atoms with van der Waals surface area (Å²) in [5.74, 6) is 0.920. The van der Waals surface area contributed by atoms with Crippen LogP contribution in [0.4, 0.5) is 0 Å². The molecule has 0 fully saturated rings. The fourth-order valence-corrected chi connectivity index (χ4v) is 3.85. The molecule has 0 unspecified atom stereocenters. The van der Waals surface area contributed by atoms with Crippen LogP contribution >= 0.6 is 27.7 Å². The Bertz CT molecular complexity index is 595. The molecular formula is C16H22BrN3S. The maximum atomic E-state index is 4.44. The van der Waals surface area contributed by atoms with Gasteiger partial charge in [0, 0.05) is 24.2 Å². The first-order valence-corrected chi connectivity index (χ1v) is 9.00. The van der Waals surface area contributed by atoms with E-state index in [9.17, 15) is 0 Å². The lowest BCUT2D eigenvalue weighted by molar-refractivity contribution is 0.674. The van der Waals surface area contributed by atoms with E-state index >= 15 is 0 Å². The third-order valence-electron chi connectivity index (χ3n) is 3.29. The smallest absolute Gasteiger partial charge is 0.0738 e. The highest BCUT2D eigenvalue weighted by atomic mass is 79.9. The quantitative estimate of drug-likeness (QED) is 0.584. The number of halogens is 1. The van der Waals surface area contributed by atoms with Gasteiger partial charge in [-0.05, 0) is 53.5 Å². The molecule has 2 rings (SSSR count). The zero-order chi connectivity index (χ0) is 15.2. The molecule has 0 aliphatic carbocycles. The minimum Gasteiger partial charge on any atom is -0.313 e. The number of rotatable bonds is 7. The van der Waals surface area contributed by atoms with Gasteiger partial charge < -0.3 is 5.32 Å². The number of aromatic nitrogens is 2. The standard InChI is InChI=1S/C16H22BrN3S/c1-4-8-18-10-13-6-5-7-14(9-13)21-11-15-16(17)12(2)19-20(15)3/h5-7,9,18H,4,8,10-11H2,1-3H3. The predicted molar refractivity (Wildman–Crippen MR) is 93.6 cm³/mol. The van der Waals surface area contributed by atoms with Crippen LogP contribution in [0.1, 0.15) is 30.3 Å². The lowest BCUT2D eigenvalue weighted by atomic mass is 10.2. The van der Waals surface area contributed by atoms with Crippen molar-refractivity contribution in [2.24, 2.45) is 7.05 Å². The fraction of sp³-hybridized carbons (Fsp3) is 0.438. The molecular weight excluding hydrogens is 346 g/mol. The number of aryl methyl sites for hydroxylation is 2. The second-order valence-electron chi connectivity index (χ2n) is 5.08. The van der Waals surface area contributed by atoms with Crippen LogP contribution in [0.15, 0.2) is 33.6 Å². The molecule has 0 atom stereocenters. The molecule has 1 aromatic heterocycles. The van der Waals surface area contributed by atoms with E-state index in [1.165, 1.54) is 22.6 Å². The van der Waals surface area contributed by atoms with Gasteiger partial charge in [-0.2, -0.15) is 5.10 Å². The van der Waals surface area contributed by atoms with Crippen LogP contribution in [0.2, 0.25) is 0 Å². The molecule has 0 aliphatic heterocycles. The predicted octanol–water partition coefficient (Wildman–Crippen LogP) is 4.28. The molecule has 0 saturated carbocycles. The van der Waals surface area contributed by atoms with E-state index in [0.29, 0.717) is 0 Å². The largest absolute Gasteiger partial charge is 0.313 e. The lowest BCUT2D eigenvalue weighted by Crippen LogP contribution is -2.13. The van der Waals surface area contributed by atoms with Gasteiger partial charge >= 0.3 is 0 Å². The van der Waals surface area contributed by atoms with Gasteiger partial charge in [0.15, 0.2) is 0 Å². The Morgan fingerprint density at radius 2 is 2.19 bits per heavy atom. The normalized spacial score (nSPS) is 11.0. The molecule has 1 aromatic carbocycles. The molecule has 21 heavy (non-hydrogen) atoms.